The van der Waals surface area contributed by atoms with E-state index in [2.05, 4.69) is 16.0 Å². The fourth-order valence-electron chi connectivity index (χ4n) is 4.17. The summed E-state index contributed by atoms with van der Waals surface area (Å²) in [5.41, 5.74) is 3.45. The third kappa shape index (κ3) is 7.18. The van der Waals surface area contributed by atoms with Gasteiger partial charge in [-0.05, 0) is 73.5 Å². The van der Waals surface area contributed by atoms with Crippen LogP contribution < -0.4 is 25.4 Å². The number of ether oxygens (including phenoxy) is 2. The summed E-state index contributed by atoms with van der Waals surface area (Å²) in [6.45, 7) is 3.90. The lowest BCUT2D eigenvalue weighted by atomic mass is 10.1. The average Bonchev–Trinajstić information content (AvgIpc) is 3.46. The zero-order valence-electron chi connectivity index (χ0n) is 23.0. The summed E-state index contributed by atoms with van der Waals surface area (Å²) in [7, 11) is 0. The van der Waals surface area contributed by atoms with E-state index < -0.39 is 17.1 Å². The fraction of sp³-hybridized carbons (Fsp3) is 0.121. The molecule has 5 rings (SSSR count). The van der Waals surface area contributed by atoms with Crippen molar-refractivity contribution in [2.75, 3.05) is 17.4 Å². The van der Waals surface area contributed by atoms with E-state index in [1.54, 1.807) is 73.7 Å². The van der Waals surface area contributed by atoms with Gasteiger partial charge in [-0.25, -0.2) is 0 Å². The van der Waals surface area contributed by atoms with Gasteiger partial charge in [-0.1, -0.05) is 48.5 Å². The second-order valence-corrected chi connectivity index (χ2v) is 10.9. The molecule has 0 radical (unpaired) electrons. The van der Waals surface area contributed by atoms with Crippen LogP contribution >= 0.6 is 11.8 Å². The monoisotopic (exact) mass is 579 g/mol. The van der Waals surface area contributed by atoms with Gasteiger partial charge in [-0.2, -0.15) is 0 Å². The van der Waals surface area contributed by atoms with Crippen LogP contribution in [-0.4, -0.2) is 29.8 Å². The SMILES string of the molecule is Cc1ccccc1/C=C(\NC(=O)c1ccccc1)C(=O)Nc1cccc(SC(C)C(=O)Nc2ccc3c(c2)OCO3)c1. The van der Waals surface area contributed by atoms with Crippen LogP contribution in [0.5, 0.6) is 11.5 Å². The Morgan fingerprint density at radius 2 is 1.55 bits per heavy atom. The molecule has 1 aliphatic rings. The molecular formula is C33H29N3O5S. The van der Waals surface area contributed by atoms with Crippen molar-refractivity contribution in [1.29, 1.82) is 0 Å². The van der Waals surface area contributed by atoms with E-state index in [4.69, 9.17) is 9.47 Å². The third-order valence-electron chi connectivity index (χ3n) is 6.43. The van der Waals surface area contributed by atoms with E-state index in [9.17, 15) is 14.4 Å². The van der Waals surface area contributed by atoms with E-state index in [-0.39, 0.29) is 18.4 Å². The van der Waals surface area contributed by atoms with Crippen molar-refractivity contribution in [2.24, 2.45) is 0 Å². The standard InChI is InChI=1S/C33H29N3O5S/c1-21-9-6-7-12-24(21)17-28(36-32(38)23-10-4-3-5-11-23)33(39)35-25-13-8-14-27(18-25)42-22(2)31(37)34-26-15-16-29-30(19-26)41-20-40-29/h3-19,22H,20H2,1-2H3,(H,34,37)(H,35,39)(H,36,38)/b28-17-. The van der Waals surface area contributed by atoms with Crippen LogP contribution in [-0.2, 0) is 9.59 Å². The Morgan fingerprint density at radius 3 is 2.36 bits per heavy atom. The smallest absolute Gasteiger partial charge is 0.272 e. The molecule has 1 aliphatic heterocycles. The van der Waals surface area contributed by atoms with Gasteiger partial charge in [-0.3, -0.25) is 14.4 Å². The number of aryl methyl sites for hydroxylation is 1. The van der Waals surface area contributed by atoms with Gasteiger partial charge in [0, 0.05) is 27.9 Å². The van der Waals surface area contributed by atoms with Crippen molar-refractivity contribution >= 4 is 46.9 Å². The van der Waals surface area contributed by atoms with Gasteiger partial charge in [0.15, 0.2) is 11.5 Å². The number of amides is 3. The maximum absolute atomic E-state index is 13.4. The number of thioether (sulfide) groups is 1. The maximum Gasteiger partial charge on any atom is 0.272 e. The maximum atomic E-state index is 13.4. The van der Waals surface area contributed by atoms with Crippen LogP contribution in [0.3, 0.4) is 0 Å². The van der Waals surface area contributed by atoms with Gasteiger partial charge >= 0.3 is 0 Å². The number of carbonyl (C=O) groups is 3. The molecule has 9 heteroatoms. The van der Waals surface area contributed by atoms with E-state index in [1.807, 2.05) is 43.3 Å². The Morgan fingerprint density at radius 1 is 0.810 bits per heavy atom. The van der Waals surface area contributed by atoms with E-state index in [0.717, 1.165) is 16.0 Å². The number of carbonyl (C=O) groups excluding carboxylic acids is 3. The van der Waals surface area contributed by atoms with Crippen LogP contribution in [0, 0.1) is 6.92 Å². The summed E-state index contributed by atoms with van der Waals surface area (Å²) >= 11 is 1.35. The molecule has 8 nitrogen and oxygen atoms in total. The van der Waals surface area contributed by atoms with Crippen molar-refractivity contribution < 1.29 is 23.9 Å². The Kier molecular flexibility index (Phi) is 8.89. The molecule has 0 aliphatic carbocycles. The summed E-state index contributed by atoms with van der Waals surface area (Å²) in [5, 5.41) is 8.12. The van der Waals surface area contributed by atoms with Gasteiger partial charge in [0.2, 0.25) is 12.7 Å². The molecule has 1 atom stereocenters. The second-order valence-electron chi connectivity index (χ2n) is 9.53. The lowest BCUT2D eigenvalue weighted by Crippen LogP contribution is -2.30. The number of anilines is 2. The van der Waals surface area contributed by atoms with Gasteiger partial charge in [-0.15, -0.1) is 11.8 Å². The van der Waals surface area contributed by atoms with Crippen molar-refractivity contribution in [3.05, 3.63) is 119 Å². The van der Waals surface area contributed by atoms with Crippen molar-refractivity contribution in [2.45, 2.75) is 24.0 Å². The number of fused-ring (bicyclic) bond motifs is 1. The molecule has 0 spiro atoms. The molecule has 0 aromatic heterocycles. The molecule has 0 saturated heterocycles. The summed E-state index contributed by atoms with van der Waals surface area (Å²) < 4.78 is 10.7. The van der Waals surface area contributed by atoms with Crippen molar-refractivity contribution in [3.8, 4) is 11.5 Å². The molecule has 0 saturated carbocycles. The van der Waals surface area contributed by atoms with Crippen LogP contribution in [0.4, 0.5) is 11.4 Å². The molecule has 1 unspecified atom stereocenters. The number of nitrogens with one attached hydrogen (secondary N) is 3. The average molecular weight is 580 g/mol. The molecule has 0 fully saturated rings. The highest BCUT2D eigenvalue weighted by Gasteiger charge is 2.19. The molecule has 212 valence electrons. The topological polar surface area (TPSA) is 106 Å². The first-order valence-corrected chi connectivity index (χ1v) is 14.2. The summed E-state index contributed by atoms with van der Waals surface area (Å²) in [4.78, 5) is 40.0. The predicted octanol–water partition coefficient (Wildman–Crippen LogP) is 6.25. The van der Waals surface area contributed by atoms with Crippen LogP contribution in [0.2, 0.25) is 0 Å². The number of rotatable bonds is 9. The lowest BCUT2D eigenvalue weighted by molar-refractivity contribution is -0.115. The van der Waals surface area contributed by atoms with Crippen molar-refractivity contribution in [1.82, 2.24) is 5.32 Å². The molecule has 3 amide bonds. The summed E-state index contributed by atoms with van der Waals surface area (Å²) in [5.74, 6) is 0.189. The summed E-state index contributed by atoms with van der Waals surface area (Å²) in [6.07, 6.45) is 1.66. The number of benzene rings is 4. The minimum atomic E-state index is -0.474. The largest absolute Gasteiger partial charge is 0.454 e. The summed E-state index contributed by atoms with van der Waals surface area (Å²) in [6, 6.07) is 28.8. The zero-order chi connectivity index (χ0) is 29.5. The molecule has 42 heavy (non-hydrogen) atoms. The molecule has 0 bridgehead atoms. The zero-order valence-corrected chi connectivity index (χ0v) is 23.9. The molecule has 3 N–H and O–H groups in total. The Bertz CT molecular complexity index is 1650. The number of hydrogen-bond acceptors (Lipinski definition) is 6. The first kappa shape index (κ1) is 28.5. The first-order chi connectivity index (χ1) is 20.4. The van der Waals surface area contributed by atoms with E-state index in [0.29, 0.717) is 28.4 Å². The molecule has 1 heterocycles. The molecular weight excluding hydrogens is 550 g/mol. The lowest BCUT2D eigenvalue weighted by Gasteiger charge is -2.14. The second kappa shape index (κ2) is 13.1. The Hall–Kier alpha value is -5.02. The van der Waals surface area contributed by atoms with Crippen LogP contribution in [0.15, 0.2) is 108 Å². The fourth-order valence-corrected chi connectivity index (χ4v) is 5.09. The van der Waals surface area contributed by atoms with Gasteiger partial charge in [0.1, 0.15) is 5.70 Å². The highest BCUT2D eigenvalue weighted by Crippen LogP contribution is 2.34. The normalized spacial score (nSPS) is 12.8. The van der Waals surface area contributed by atoms with Gasteiger partial charge in [0.25, 0.3) is 11.8 Å². The van der Waals surface area contributed by atoms with Crippen molar-refractivity contribution in [3.63, 3.8) is 0 Å². The highest BCUT2D eigenvalue weighted by atomic mass is 32.2. The highest BCUT2D eigenvalue weighted by molar-refractivity contribution is 8.00. The van der Waals surface area contributed by atoms with E-state index in [1.165, 1.54) is 11.8 Å². The molecule has 4 aromatic rings. The van der Waals surface area contributed by atoms with Crippen LogP contribution in [0.1, 0.15) is 28.4 Å². The third-order valence-corrected chi connectivity index (χ3v) is 7.52. The Balaban J connectivity index is 1.28. The van der Waals surface area contributed by atoms with Crippen LogP contribution in [0.25, 0.3) is 6.08 Å². The number of hydrogen-bond donors (Lipinski definition) is 3. The quantitative estimate of drug-likeness (QED) is 0.160. The van der Waals surface area contributed by atoms with Gasteiger partial charge < -0.3 is 25.4 Å². The minimum Gasteiger partial charge on any atom is -0.454 e. The Labute approximate surface area is 248 Å². The predicted molar refractivity (Wildman–Crippen MR) is 165 cm³/mol. The minimum absolute atomic E-state index is 0.104. The first-order valence-electron chi connectivity index (χ1n) is 13.3. The van der Waals surface area contributed by atoms with E-state index >= 15 is 0 Å². The van der Waals surface area contributed by atoms with Gasteiger partial charge in [0.05, 0.1) is 5.25 Å². The molecule has 4 aromatic carbocycles.